The fourth-order valence-electron chi connectivity index (χ4n) is 17.2. The van der Waals surface area contributed by atoms with E-state index in [0.717, 1.165) is 124 Å². The fourth-order valence-corrected chi connectivity index (χ4v) is 17.2. The van der Waals surface area contributed by atoms with Gasteiger partial charge in [-0.15, -0.1) is 0 Å². The van der Waals surface area contributed by atoms with Crippen LogP contribution in [0.3, 0.4) is 0 Å². The molecule has 0 N–H and O–H groups in total. The smallest absolute Gasteiger partial charge is 0.252 e. The maximum absolute atomic E-state index is 2.73. The molecule has 0 aliphatic carbocycles. The Hall–Kier alpha value is -12.4. The first-order valence-electron chi connectivity index (χ1n) is 41.0. The lowest BCUT2D eigenvalue weighted by atomic mass is 9.33. The molecule has 0 spiro atoms. The number of nitrogens with zero attached hydrogens (tertiary/aromatic N) is 4. The zero-order valence-corrected chi connectivity index (χ0v) is 69.4. The molecule has 2 heterocycles. The van der Waals surface area contributed by atoms with Gasteiger partial charge in [0, 0.05) is 79.1 Å². The van der Waals surface area contributed by atoms with E-state index in [0.29, 0.717) is 0 Å². The SMILES string of the molecule is CC(C)(C)c1ccc(N(c2ccc(C(C)(C)C)cc2)c2ccc3c(c2)N(c2c(-c4ccccc4)cccc2-c2ccccc2)c2cc(C(C)(C)C)cc4c2B3c2ccc(N(c3ccc(C(C)(C)C)cc3)c3ccc(C(C)(C)C)cc3)cc2N4c2c(-c3cccc(-c4ccccc4)c3)cccc2-c2cccc(-c3ccccc3)c2)cc1. The van der Waals surface area contributed by atoms with Crippen LogP contribution in [0.4, 0.5) is 68.2 Å². The minimum Gasteiger partial charge on any atom is -0.310 e. The number of anilines is 12. The predicted molar refractivity (Wildman–Crippen MR) is 496 cm³/mol. The molecule has 0 aromatic heterocycles. The van der Waals surface area contributed by atoms with Crippen molar-refractivity contribution in [1.82, 2.24) is 0 Å². The van der Waals surface area contributed by atoms with Crippen molar-refractivity contribution in [2.75, 3.05) is 19.6 Å². The highest BCUT2D eigenvalue weighted by atomic mass is 15.2. The molecule has 0 amide bonds. The number of rotatable bonds is 14. The Morgan fingerprint density at radius 3 is 0.748 bits per heavy atom. The Labute approximate surface area is 683 Å². The van der Waals surface area contributed by atoms with Gasteiger partial charge in [-0.1, -0.05) is 359 Å². The molecule has 2 aliphatic rings. The third-order valence-corrected chi connectivity index (χ3v) is 23.6. The van der Waals surface area contributed by atoms with Gasteiger partial charge in [-0.3, -0.25) is 0 Å². The summed E-state index contributed by atoms with van der Waals surface area (Å²) in [5.41, 5.74) is 36.1. The zero-order valence-electron chi connectivity index (χ0n) is 69.4. The van der Waals surface area contributed by atoms with Gasteiger partial charge in [-0.25, -0.2) is 0 Å². The molecule has 5 heteroatoms. The molecule has 4 nitrogen and oxygen atoms in total. The van der Waals surface area contributed by atoms with Gasteiger partial charge in [0.2, 0.25) is 0 Å². The van der Waals surface area contributed by atoms with E-state index in [1.807, 2.05) is 0 Å². The van der Waals surface area contributed by atoms with Crippen LogP contribution in [0.5, 0.6) is 0 Å². The quantitative estimate of drug-likeness (QED) is 0.101. The Bertz CT molecular complexity index is 5800. The molecule has 0 saturated carbocycles. The summed E-state index contributed by atoms with van der Waals surface area (Å²) in [6.45, 7) is 34.6. The van der Waals surface area contributed by atoms with Crippen LogP contribution in [0.25, 0.3) is 66.8 Å². The van der Waals surface area contributed by atoms with Crippen molar-refractivity contribution in [3.63, 3.8) is 0 Å². The number of fused-ring (bicyclic) bond motifs is 4. The number of benzene rings is 15. The Balaban J connectivity index is 1.03. The first-order valence-corrected chi connectivity index (χ1v) is 41.0. The highest BCUT2D eigenvalue weighted by Crippen LogP contribution is 2.56. The highest BCUT2D eigenvalue weighted by Gasteiger charge is 2.47. The number of hydrogen-bond acceptors (Lipinski definition) is 4. The topological polar surface area (TPSA) is 13.0 Å². The first kappa shape index (κ1) is 75.3. The summed E-state index contributed by atoms with van der Waals surface area (Å²) in [5, 5.41) is 0. The number of para-hydroxylation sites is 2. The summed E-state index contributed by atoms with van der Waals surface area (Å²) in [6.07, 6.45) is 0. The van der Waals surface area contributed by atoms with Gasteiger partial charge >= 0.3 is 0 Å². The maximum Gasteiger partial charge on any atom is 0.252 e. The highest BCUT2D eigenvalue weighted by molar-refractivity contribution is 7.00. The van der Waals surface area contributed by atoms with E-state index in [1.54, 1.807) is 0 Å². The van der Waals surface area contributed by atoms with Gasteiger partial charge in [-0.2, -0.15) is 0 Å². The average Bonchev–Trinajstić information content (AvgIpc) is 0.685. The summed E-state index contributed by atoms with van der Waals surface area (Å²) >= 11 is 0. The average molecular weight is 1490 g/mol. The van der Waals surface area contributed by atoms with E-state index < -0.39 is 0 Å². The van der Waals surface area contributed by atoms with Gasteiger partial charge < -0.3 is 19.6 Å². The zero-order chi connectivity index (χ0) is 79.9. The van der Waals surface area contributed by atoms with Crippen LogP contribution in [-0.4, -0.2) is 6.71 Å². The van der Waals surface area contributed by atoms with Crippen LogP contribution in [0.2, 0.25) is 0 Å². The third kappa shape index (κ3) is 14.5. The van der Waals surface area contributed by atoms with Gasteiger partial charge in [0.15, 0.2) is 0 Å². The molecule has 17 rings (SSSR count). The lowest BCUT2D eigenvalue weighted by Crippen LogP contribution is -2.61. The van der Waals surface area contributed by atoms with Crippen molar-refractivity contribution in [3.05, 3.63) is 380 Å². The summed E-state index contributed by atoms with van der Waals surface area (Å²) in [5.74, 6) is 0. The van der Waals surface area contributed by atoms with Crippen LogP contribution in [0.15, 0.2) is 352 Å². The first-order chi connectivity index (χ1) is 55.2. The monoisotopic (exact) mass is 1490 g/mol. The normalized spacial score (nSPS) is 12.8. The van der Waals surface area contributed by atoms with Crippen molar-refractivity contribution in [1.29, 1.82) is 0 Å². The molecule has 15 aromatic carbocycles. The van der Waals surface area contributed by atoms with E-state index in [2.05, 4.69) is 475 Å². The molecule has 0 unspecified atom stereocenters. The van der Waals surface area contributed by atoms with Gasteiger partial charge in [0.1, 0.15) is 0 Å². The van der Waals surface area contributed by atoms with E-state index in [1.165, 1.54) is 55.3 Å². The van der Waals surface area contributed by atoms with Gasteiger partial charge in [0.25, 0.3) is 6.71 Å². The standard InChI is InChI=1S/C110H103BN4/c1-106(2,3)82-48-56-87(57-49-82)112(88-58-50-83(51-59-88)107(4,5)6)91-64-66-97-99(72-91)114(104-93(76-36-24-18-25-37-76)44-30-45-94(104)77-38-26-19-27-39-77)101-70-86(110(13,14)15)71-102-103(101)111(97)98-67-65-92(113(89-60-52-84(53-61-89)108(7,8)9)90-62-54-85(55-63-90)109(10,11)12)73-100(98)115(102)105-95(80-42-28-40-78(68-80)74-32-20-16-21-33-74)46-31-47-96(105)81-43-29-41-79(69-81)75-34-22-17-23-35-75/h16-73H,1-15H3. The van der Waals surface area contributed by atoms with Crippen LogP contribution in [0.1, 0.15) is 132 Å². The van der Waals surface area contributed by atoms with Crippen molar-refractivity contribution < 1.29 is 0 Å². The van der Waals surface area contributed by atoms with E-state index in [-0.39, 0.29) is 33.8 Å². The lowest BCUT2D eigenvalue weighted by Gasteiger charge is -2.47. The second-order valence-corrected chi connectivity index (χ2v) is 36.7. The van der Waals surface area contributed by atoms with Crippen LogP contribution in [0, 0.1) is 0 Å². The molecule has 2 aliphatic heterocycles. The van der Waals surface area contributed by atoms with E-state index in [9.17, 15) is 0 Å². The Kier molecular flexibility index (Phi) is 19.3. The van der Waals surface area contributed by atoms with Crippen LogP contribution >= 0.6 is 0 Å². The van der Waals surface area contributed by atoms with Gasteiger partial charge in [-0.05, 0) is 213 Å². The fraction of sp³-hybridized carbons (Fsp3) is 0.182. The Morgan fingerprint density at radius 2 is 0.452 bits per heavy atom. The summed E-state index contributed by atoms with van der Waals surface area (Å²) in [4.78, 5) is 10.4. The molecule has 566 valence electrons. The second-order valence-electron chi connectivity index (χ2n) is 36.7. The van der Waals surface area contributed by atoms with Crippen molar-refractivity contribution in [2.45, 2.75) is 131 Å². The molecular weight excluding hydrogens is 1390 g/mol. The molecule has 0 fully saturated rings. The molecule has 0 bridgehead atoms. The van der Waals surface area contributed by atoms with Crippen molar-refractivity contribution >= 4 is 91.3 Å². The molecule has 15 aromatic rings. The van der Waals surface area contributed by atoms with Crippen LogP contribution in [-0.2, 0) is 27.1 Å². The molecule has 0 atom stereocenters. The number of hydrogen-bond donors (Lipinski definition) is 0. The maximum atomic E-state index is 2.73. The van der Waals surface area contributed by atoms with Gasteiger partial charge in [0.05, 0.1) is 11.4 Å². The minimum absolute atomic E-state index is 0.0460. The summed E-state index contributed by atoms with van der Waals surface area (Å²) < 4.78 is 0. The lowest BCUT2D eigenvalue weighted by molar-refractivity contribution is 0.590. The Morgan fingerprint density at radius 1 is 0.200 bits per heavy atom. The molecule has 0 saturated heterocycles. The summed E-state index contributed by atoms with van der Waals surface area (Å²) in [6, 6.07) is 134. The summed E-state index contributed by atoms with van der Waals surface area (Å²) in [7, 11) is 0. The van der Waals surface area contributed by atoms with Crippen LogP contribution < -0.4 is 36.0 Å². The van der Waals surface area contributed by atoms with Crippen molar-refractivity contribution in [2.24, 2.45) is 0 Å². The van der Waals surface area contributed by atoms with E-state index >= 15 is 0 Å². The second kappa shape index (κ2) is 29.5. The van der Waals surface area contributed by atoms with E-state index in [4.69, 9.17) is 0 Å². The molecule has 115 heavy (non-hydrogen) atoms. The molecular formula is C110H103BN4. The minimum atomic E-state index is -0.370. The molecule has 0 radical (unpaired) electrons. The third-order valence-electron chi connectivity index (χ3n) is 23.6. The largest absolute Gasteiger partial charge is 0.310 e. The predicted octanol–water partition coefficient (Wildman–Crippen LogP) is 29.2. The van der Waals surface area contributed by atoms with Crippen molar-refractivity contribution in [3.8, 4) is 66.8 Å².